The molecule has 2 aliphatic rings. The molecule has 4 N–H and O–H groups in total. The highest BCUT2D eigenvalue weighted by Gasteiger charge is 2.32. The lowest BCUT2D eigenvalue weighted by molar-refractivity contribution is -0.141. The van der Waals surface area contributed by atoms with Crippen LogP contribution in [0.1, 0.15) is 19.3 Å². The number of carbonyl (C=O) groups is 3. The molecule has 100 valence electrons. The van der Waals surface area contributed by atoms with E-state index in [1.165, 1.54) is 0 Å². The number of carbonyl (C=O) groups excluding carboxylic acids is 2. The summed E-state index contributed by atoms with van der Waals surface area (Å²) in [6.45, 7) is 0.417. The van der Waals surface area contributed by atoms with Crippen molar-refractivity contribution in [3.8, 4) is 0 Å². The molecule has 3 atom stereocenters. The van der Waals surface area contributed by atoms with Crippen molar-refractivity contribution >= 4 is 17.8 Å². The summed E-state index contributed by atoms with van der Waals surface area (Å²) < 4.78 is 0. The van der Waals surface area contributed by atoms with Gasteiger partial charge < -0.3 is 15.7 Å². The monoisotopic (exact) mass is 255 g/mol. The van der Waals surface area contributed by atoms with Gasteiger partial charge in [0.15, 0.2) is 0 Å². The SMILES string of the molecule is O=C1CNC(C(=O)N[C@H]2CC[C@@H](C(=O)O)C2)CN1. The second-order valence-corrected chi connectivity index (χ2v) is 4.79. The molecule has 1 unspecified atom stereocenters. The van der Waals surface area contributed by atoms with Crippen LogP contribution >= 0.6 is 0 Å². The highest BCUT2D eigenvalue weighted by atomic mass is 16.4. The molecule has 1 saturated carbocycles. The summed E-state index contributed by atoms with van der Waals surface area (Å²) in [5.74, 6) is -1.44. The zero-order valence-electron chi connectivity index (χ0n) is 9.94. The van der Waals surface area contributed by atoms with Gasteiger partial charge in [-0.1, -0.05) is 0 Å². The Kier molecular flexibility index (Phi) is 3.81. The maximum absolute atomic E-state index is 11.9. The summed E-state index contributed by atoms with van der Waals surface area (Å²) >= 11 is 0. The number of piperazine rings is 1. The maximum Gasteiger partial charge on any atom is 0.306 e. The zero-order chi connectivity index (χ0) is 13.1. The molecule has 1 heterocycles. The van der Waals surface area contributed by atoms with Gasteiger partial charge in [0.1, 0.15) is 6.04 Å². The number of rotatable bonds is 3. The normalized spacial score (nSPS) is 31.8. The molecule has 0 aromatic rings. The quantitative estimate of drug-likeness (QED) is 0.488. The van der Waals surface area contributed by atoms with Crippen molar-refractivity contribution < 1.29 is 19.5 Å². The molecule has 1 aliphatic heterocycles. The first-order valence-corrected chi connectivity index (χ1v) is 6.09. The van der Waals surface area contributed by atoms with Crippen LogP contribution in [-0.2, 0) is 14.4 Å². The van der Waals surface area contributed by atoms with Gasteiger partial charge in [-0.05, 0) is 19.3 Å². The lowest BCUT2D eigenvalue weighted by Gasteiger charge is -2.24. The second kappa shape index (κ2) is 5.34. The van der Waals surface area contributed by atoms with Crippen LogP contribution in [-0.4, -0.2) is 48.1 Å². The lowest BCUT2D eigenvalue weighted by Crippen LogP contribution is -2.58. The van der Waals surface area contributed by atoms with Crippen LogP contribution in [0.5, 0.6) is 0 Å². The molecule has 2 rings (SSSR count). The van der Waals surface area contributed by atoms with Crippen molar-refractivity contribution in [3.05, 3.63) is 0 Å². The van der Waals surface area contributed by atoms with Gasteiger partial charge in [0.2, 0.25) is 11.8 Å². The summed E-state index contributed by atoms with van der Waals surface area (Å²) in [7, 11) is 0. The molecule has 0 radical (unpaired) electrons. The molecule has 0 aromatic heterocycles. The van der Waals surface area contributed by atoms with Gasteiger partial charge in [0.25, 0.3) is 0 Å². The van der Waals surface area contributed by atoms with Crippen molar-refractivity contribution in [1.82, 2.24) is 16.0 Å². The molecular formula is C11H17N3O4. The number of carboxylic acids is 1. The molecule has 7 nitrogen and oxygen atoms in total. The van der Waals surface area contributed by atoms with E-state index in [9.17, 15) is 14.4 Å². The number of aliphatic carboxylic acids is 1. The van der Waals surface area contributed by atoms with E-state index in [4.69, 9.17) is 5.11 Å². The smallest absolute Gasteiger partial charge is 0.306 e. The molecule has 0 bridgehead atoms. The summed E-state index contributed by atoms with van der Waals surface area (Å²) in [4.78, 5) is 33.6. The second-order valence-electron chi connectivity index (χ2n) is 4.79. The molecule has 18 heavy (non-hydrogen) atoms. The van der Waals surface area contributed by atoms with Crippen molar-refractivity contribution in [3.63, 3.8) is 0 Å². The van der Waals surface area contributed by atoms with E-state index in [0.29, 0.717) is 19.3 Å². The molecule has 0 spiro atoms. The first-order valence-electron chi connectivity index (χ1n) is 6.09. The number of amides is 2. The summed E-state index contributed by atoms with van der Waals surface area (Å²) in [6, 6.07) is -0.496. The van der Waals surface area contributed by atoms with E-state index in [1.807, 2.05) is 0 Å². The number of hydrogen-bond donors (Lipinski definition) is 4. The predicted octanol–water partition coefficient (Wildman–Crippen LogP) is -1.56. The van der Waals surface area contributed by atoms with Crippen LogP contribution in [0, 0.1) is 5.92 Å². The largest absolute Gasteiger partial charge is 0.481 e. The Bertz CT molecular complexity index is 361. The van der Waals surface area contributed by atoms with Crippen molar-refractivity contribution in [2.75, 3.05) is 13.1 Å². The zero-order valence-corrected chi connectivity index (χ0v) is 9.94. The van der Waals surface area contributed by atoms with Crippen LogP contribution in [0.25, 0.3) is 0 Å². The Morgan fingerprint density at radius 3 is 2.67 bits per heavy atom. The first-order chi connectivity index (χ1) is 8.56. The van der Waals surface area contributed by atoms with E-state index in [-0.39, 0.29) is 36.9 Å². The average Bonchev–Trinajstić information content (AvgIpc) is 2.78. The van der Waals surface area contributed by atoms with E-state index in [0.717, 1.165) is 0 Å². The van der Waals surface area contributed by atoms with Gasteiger partial charge in [-0.2, -0.15) is 0 Å². The van der Waals surface area contributed by atoms with Crippen molar-refractivity contribution in [2.45, 2.75) is 31.3 Å². The van der Waals surface area contributed by atoms with Crippen LogP contribution in [0.2, 0.25) is 0 Å². The summed E-state index contributed by atoms with van der Waals surface area (Å²) in [6.07, 6.45) is 1.79. The van der Waals surface area contributed by atoms with Crippen LogP contribution < -0.4 is 16.0 Å². The van der Waals surface area contributed by atoms with Gasteiger partial charge in [-0.15, -0.1) is 0 Å². The predicted molar refractivity (Wildman–Crippen MR) is 61.7 cm³/mol. The minimum absolute atomic E-state index is 0.0713. The molecule has 1 saturated heterocycles. The number of hydrogen-bond acceptors (Lipinski definition) is 4. The third-order valence-electron chi connectivity index (χ3n) is 3.46. The standard InChI is InChI=1S/C11H17N3O4/c15-9-5-12-8(4-13-9)10(16)14-7-2-1-6(3-7)11(17)18/h6-8,12H,1-5H2,(H,13,15)(H,14,16)(H,17,18)/t6-,7+,8?/m1/s1. The van der Waals surface area contributed by atoms with E-state index in [2.05, 4.69) is 16.0 Å². The van der Waals surface area contributed by atoms with E-state index >= 15 is 0 Å². The minimum atomic E-state index is -0.796. The third-order valence-corrected chi connectivity index (χ3v) is 3.46. The minimum Gasteiger partial charge on any atom is -0.481 e. The van der Waals surface area contributed by atoms with Gasteiger partial charge in [-0.25, -0.2) is 0 Å². The molecule has 1 aliphatic carbocycles. The Morgan fingerprint density at radius 1 is 1.33 bits per heavy atom. The highest BCUT2D eigenvalue weighted by Crippen LogP contribution is 2.25. The topological polar surface area (TPSA) is 108 Å². The molecule has 7 heteroatoms. The lowest BCUT2D eigenvalue weighted by atomic mass is 10.1. The van der Waals surface area contributed by atoms with E-state index in [1.54, 1.807) is 0 Å². The first kappa shape index (κ1) is 12.8. The van der Waals surface area contributed by atoms with Crippen LogP contribution in [0.15, 0.2) is 0 Å². The van der Waals surface area contributed by atoms with Crippen molar-refractivity contribution in [1.29, 1.82) is 0 Å². The molecular weight excluding hydrogens is 238 g/mol. The van der Waals surface area contributed by atoms with Crippen LogP contribution in [0.3, 0.4) is 0 Å². The fourth-order valence-electron chi connectivity index (χ4n) is 2.39. The molecule has 2 amide bonds. The Balaban J connectivity index is 1.78. The Hall–Kier alpha value is -1.63. The van der Waals surface area contributed by atoms with Gasteiger partial charge in [0, 0.05) is 12.6 Å². The number of nitrogens with one attached hydrogen (secondary N) is 3. The van der Waals surface area contributed by atoms with E-state index < -0.39 is 12.0 Å². The van der Waals surface area contributed by atoms with Crippen LogP contribution in [0.4, 0.5) is 0 Å². The average molecular weight is 255 g/mol. The summed E-state index contributed by atoms with van der Waals surface area (Å²) in [5.41, 5.74) is 0. The third kappa shape index (κ3) is 2.98. The van der Waals surface area contributed by atoms with Gasteiger partial charge in [0.05, 0.1) is 12.5 Å². The van der Waals surface area contributed by atoms with Gasteiger partial charge >= 0.3 is 5.97 Å². The maximum atomic E-state index is 11.9. The molecule has 0 aromatic carbocycles. The fraction of sp³-hybridized carbons (Fsp3) is 0.727. The number of carboxylic acid groups (broad SMARTS) is 1. The van der Waals surface area contributed by atoms with Crippen molar-refractivity contribution in [2.24, 2.45) is 5.92 Å². The summed E-state index contributed by atoms with van der Waals surface area (Å²) in [5, 5.41) is 17.1. The highest BCUT2D eigenvalue weighted by molar-refractivity contribution is 5.87. The molecule has 2 fully saturated rings. The fourth-order valence-corrected chi connectivity index (χ4v) is 2.39. The Labute approximate surface area is 104 Å². The Morgan fingerprint density at radius 2 is 2.11 bits per heavy atom. The van der Waals surface area contributed by atoms with Gasteiger partial charge in [-0.3, -0.25) is 19.7 Å².